The monoisotopic (exact) mass is 317 g/mol. The SMILES string of the molecule is C=Cc1ccc(Br)cc1C1=C(C)C(=C)NC(CN)=N1. The molecule has 0 unspecified atom stereocenters. The fourth-order valence-electron chi connectivity index (χ4n) is 1.93. The van der Waals surface area contributed by atoms with Crippen LogP contribution in [0.1, 0.15) is 18.1 Å². The topological polar surface area (TPSA) is 50.4 Å². The van der Waals surface area contributed by atoms with Crippen molar-refractivity contribution in [1.29, 1.82) is 0 Å². The Labute approximate surface area is 121 Å². The molecule has 0 aromatic heterocycles. The molecular formula is C15H16BrN3. The van der Waals surface area contributed by atoms with E-state index in [2.05, 4.69) is 39.4 Å². The molecule has 1 aromatic carbocycles. The summed E-state index contributed by atoms with van der Waals surface area (Å²) in [7, 11) is 0. The zero-order valence-electron chi connectivity index (χ0n) is 10.8. The molecule has 0 amide bonds. The van der Waals surface area contributed by atoms with Crippen molar-refractivity contribution in [3.05, 3.63) is 58.2 Å². The van der Waals surface area contributed by atoms with E-state index in [0.29, 0.717) is 6.54 Å². The number of halogens is 1. The molecule has 98 valence electrons. The van der Waals surface area contributed by atoms with Crippen molar-refractivity contribution in [3.63, 3.8) is 0 Å². The van der Waals surface area contributed by atoms with E-state index in [9.17, 15) is 0 Å². The normalized spacial score (nSPS) is 15.1. The molecule has 0 bridgehead atoms. The molecule has 0 atom stereocenters. The third-order valence-electron chi connectivity index (χ3n) is 3.03. The number of hydrogen-bond donors (Lipinski definition) is 2. The van der Waals surface area contributed by atoms with E-state index in [1.807, 2.05) is 31.2 Å². The van der Waals surface area contributed by atoms with Gasteiger partial charge in [0.2, 0.25) is 0 Å². The third-order valence-corrected chi connectivity index (χ3v) is 3.53. The first-order valence-electron chi connectivity index (χ1n) is 5.94. The Morgan fingerprint density at radius 3 is 2.84 bits per heavy atom. The standard InChI is InChI=1S/C15H16BrN3/c1-4-11-5-6-12(16)7-13(11)15-9(2)10(3)18-14(8-17)19-15/h4-7H,1,3,8,17H2,2H3,(H,18,19). The maximum Gasteiger partial charge on any atom is 0.120 e. The molecule has 3 N–H and O–H groups in total. The van der Waals surface area contributed by atoms with Gasteiger partial charge in [0.05, 0.1) is 12.2 Å². The summed E-state index contributed by atoms with van der Waals surface area (Å²) in [5.41, 5.74) is 10.5. The summed E-state index contributed by atoms with van der Waals surface area (Å²) in [5, 5.41) is 3.10. The molecule has 1 heterocycles. The van der Waals surface area contributed by atoms with Gasteiger partial charge in [-0.3, -0.25) is 0 Å². The van der Waals surface area contributed by atoms with Gasteiger partial charge in [-0.05, 0) is 30.2 Å². The first-order valence-corrected chi connectivity index (χ1v) is 6.73. The maximum atomic E-state index is 5.67. The van der Waals surface area contributed by atoms with Crippen LogP contribution in [0.25, 0.3) is 11.8 Å². The van der Waals surface area contributed by atoms with E-state index in [1.54, 1.807) is 0 Å². The van der Waals surface area contributed by atoms with Gasteiger partial charge in [0, 0.05) is 15.7 Å². The van der Waals surface area contributed by atoms with E-state index in [-0.39, 0.29) is 0 Å². The number of benzene rings is 1. The minimum atomic E-state index is 0.354. The highest BCUT2D eigenvalue weighted by atomic mass is 79.9. The lowest BCUT2D eigenvalue weighted by Gasteiger charge is -2.21. The lowest BCUT2D eigenvalue weighted by Crippen LogP contribution is -2.32. The lowest BCUT2D eigenvalue weighted by atomic mass is 9.99. The van der Waals surface area contributed by atoms with Gasteiger partial charge < -0.3 is 11.1 Å². The molecule has 1 aromatic rings. The van der Waals surface area contributed by atoms with Crippen molar-refractivity contribution < 1.29 is 0 Å². The quantitative estimate of drug-likeness (QED) is 0.898. The second-order valence-corrected chi connectivity index (χ2v) is 5.19. The predicted molar refractivity (Wildman–Crippen MR) is 85.6 cm³/mol. The van der Waals surface area contributed by atoms with Gasteiger partial charge in [0.15, 0.2) is 0 Å². The first-order chi connectivity index (χ1) is 9.06. The summed E-state index contributed by atoms with van der Waals surface area (Å²) < 4.78 is 1.00. The second-order valence-electron chi connectivity index (χ2n) is 4.28. The fourth-order valence-corrected chi connectivity index (χ4v) is 2.29. The number of nitrogens with two attached hydrogens (primary N) is 1. The fraction of sp³-hybridized carbons (Fsp3) is 0.133. The summed E-state index contributed by atoms with van der Waals surface area (Å²) in [6, 6.07) is 6.03. The molecule has 1 aliphatic rings. The van der Waals surface area contributed by atoms with Crippen LogP contribution < -0.4 is 11.1 Å². The van der Waals surface area contributed by atoms with E-state index in [0.717, 1.165) is 38.4 Å². The number of allylic oxidation sites excluding steroid dienone is 1. The van der Waals surface area contributed by atoms with Crippen molar-refractivity contribution in [2.45, 2.75) is 6.92 Å². The number of aliphatic imine (C=N–C) groups is 1. The molecule has 0 fully saturated rings. The van der Waals surface area contributed by atoms with Gasteiger partial charge >= 0.3 is 0 Å². The zero-order valence-corrected chi connectivity index (χ0v) is 12.4. The van der Waals surface area contributed by atoms with Crippen molar-refractivity contribution >= 4 is 33.5 Å². The Hall–Kier alpha value is -1.65. The molecule has 0 aliphatic carbocycles. The van der Waals surface area contributed by atoms with Gasteiger partial charge in [-0.2, -0.15) is 0 Å². The molecule has 3 nitrogen and oxygen atoms in total. The summed E-state index contributed by atoms with van der Waals surface area (Å²) in [4.78, 5) is 4.58. The van der Waals surface area contributed by atoms with E-state index >= 15 is 0 Å². The highest BCUT2D eigenvalue weighted by Gasteiger charge is 2.17. The molecule has 0 spiro atoms. The molecule has 4 heteroatoms. The summed E-state index contributed by atoms with van der Waals surface area (Å²) >= 11 is 3.49. The van der Waals surface area contributed by atoms with Crippen molar-refractivity contribution in [2.24, 2.45) is 10.7 Å². The number of nitrogens with one attached hydrogen (secondary N) is 1. The lowest BCUT2D eigenvalue weighted by molar-refractivity contribution is 1.05. The van der Waals surface area contributed by atoms with Crippen LogP contribution in [0, 0.1) is 0 Å². The van der Waals surface area contributed by atoms with Crippen LogP contribution in [-0.4, -0.2) is 12.4 Å². The number of rotatable bonds is 3. The molecular weight excluding hydrogens is 302 g/mol. The molecule has 2 rings (SSSR count). The number of hydrogen-bond acceptors (Lipinski definition) is 3. The Balaban J connectivity index is 2.65. The van der Waals surface area contributed by atoms with Crippen LogP contribution in [0.15, 0.2) is 52.1 Å². The van der Waals surface area contributed by atoms with E-state index in [1.165, 1.54) is 0 Å². The highest BCUT2D eigenvalue weighted by molar-refractivity contribution is 9.10. The average Bonchev–Trinajstić information content (AvgIpc) is 2.41. The van der Waals surface area contributed by atoms with Crippen LogP contribution in [0.4, 0.5) is 0 Å². The minimum absolute atomic E-state index is 0.354. The molecule has 0 saturated heterocycles. The Morgan fingerprint density at radius 2 is 2.21 bits per heavy atom. The molecule has 1 aliphatic heterocycles. The average molecular weight is 318 g/mol. The molecule has 0 saturated carbocycles. The van der Waals surface area contributed by atoms with Gasteiger partial charge in [-0.1, -0.05) is 41.2 Å². The minimum Gasteiger partial charge on any atom is -0.343 e. The van der Waals surface area contributed by atoms with Gasteiger partial charge in [-0.25, -0.2) is 4.99 Å². The Bertz CT molecular complexity index is 612. The Morgan fingerprint density at radius 1 is 1.47 bits per heavy atom. The number of amidine groups is 1. The van der Waals surface area contributed by atoms with Gasteiger partial charge in [-0.15, -0.1) is 0 Å². The van der Waals surface area contributed by atoms with Gasteiger partial charge in [0.1, 0.15) is 5.84 Å². The molecule has 0 radical (unpaired) electrons. The largest absolute Gasteiger partial charge is 0.343 e. The zero-order chi connectivity index (χ0) is 14.0. The third kappa shape index (κ3) is 2.69. The van der Waals surface area contributed by atoms with Gasteiger partial charge in [0.25, 0.3) is 0 Å². The van der Waals surface area contributed by atoms with Crippen LogP contribution >= 0.6 is 15.9 Å². The van der Waals surface area contributed by atoms with Crippen LogP contribution in [0.3, 0.4) is 0 Å². The van der Waals surface area contributed by atoms with Crippen LogP contribution in [0.5, 0.6) is 0 Å². The second kappa shape index (κ2) is 5.55. The van der Waals surface area contributed by atoms with E-state index < -0.39 is 0 Å². The highest BCUT2D eigenvalue weighted by Crippen LogP contribution is 2.31. The Kier molecular flexibility index (Phi) is 4.02. The van der Waals surface area contributed by atoms with Crippen molar-refractivity contribution in [2.75, 3.05) is 6.54 Å². The predicted octanol–water partition coefficient (Wildman–Crippen LogP) is 3.30. The van der Waals surface area contributed by atoms with E-state index in [4.69, 9.17) is 5.73 Å². The summed E-state index contributed by atoms with van der Waals surface area (Å²) in [6.07, 6.45) is 1.82. The van der Waals surface area contributed by atoms with Crippen molar-refractivity contribution in [1.82, 2.24) is 5.32 Å². The maximum absolute atomic E-state index is 5.67. The summed E-state index contributed by atoms with van der Waals surface area (Å²) in [5.74, 6) is 0.723. The van der Waals surface area contributed by atoms with Crippen molar-refractivity contribution in [3.8, 4) is 0 Å². The van der Waals surface area contributed by atoms with Crippen LogP contribution in [0.2, 0.25) is 0 Å². The first kappa shape index (κ1) is 13.8. The smallest absolute Gasteiger partial charge is 0.120 e. The van der Waals surface area contributed by atoms with Crippen LogP contribution in [-0.2, 0) is 0 Å². The summed E-state index contributed by atoms with van der Waals surface area (Å²) in [6.45, 7) is 10.2. The molecule has 19 heavy (non-hydrogen) atoms. The number of nitrogens with zero attached hydrogens (tertiary/aromatic N) is 1.